The first-order valence-corrected chi connectivity index (χ1v) is 6.73. The standard InChI is InChI=1S/C14H16N4O2/c1-10-15-6-4-12(17-10)11-3-2-8-18(9-11)14(19)13-5-7-16-20-13/h4-7,11H,2-3,8-9H2,1H3/t11-/m1/s1. The van der Waals surface area contributed by atoms with Gasteiger partial charge in [-0.2, -0.15) is 0 Å². The molecule has 0 bridgehead atoms. The third-order valence-electron chi connectivity index (χ3n) is 3.57. The number of amides is 1. The molecule has 0 unspecified atom stereocenters. The topological polar surface area (TPSA) is 72.1 Å². The summed E-state index contributed by atoms with van der Waals surface area (Å²) in [5.41, 5.74) is 1.01. The van der Waals surface area contributed by atoms with Crippen LogP contribution in [0.3, 0.4) is 0 Å². The van der Waals surface area contributed by atoms with Gasteiger partial charge in [-0.3, -0.25) is 4.79 Å². The van der Waals surface area contributed by atoms with E-state index in [1.165, 1.54) is 6.20 Å². The van der Waals surface area contributed by atoms with Crippen molar-refractivity contribution in [1.82, 2.24) is 20.0 Å². The number of piperidine rings is 1. The van der Waals surface area contributed by atoms with Crippen molar-refractivity contribution in [2.75, 3.05) is 13.1 Å². The van der Waals surface area contributed by atoms with E-state index in [1.807, 2.05) is 17.9 Å². The number of aromatic nitrogens is 3. The minimum absolute atomic E-state index is 0.0991. The molecule has 3 rings (SSSR count). The first kappa shape index (κ1) is 12.8. The molecule has 0 radical (unpaired) electrons. The van der Waals surface area contributed by atoms with Gasteiger partial charge in [-0.05, 0) is 25.8 Å². The van der Waals surface area contributed by atoms with Gasteiger partial charge in [0, 0.05) is 37.0 Å². The zero-order chi connectivity index (χ0) is 13.9. The van der Waals surface area contributed by atoms with E-state index in [4.69, 9.17) is 4.52 Å². The van der Waals surface area contributed by atoms with Gasteiger partial charge >= 0.3 is 0 Å². The molecule has 0 spiro atoms. The van der Waals surface area contributed by atoms with Crippen molar-refractivity contribution in [2.45, 2.75) is 25.7 Å². The van der Waals surface area contributed by atoms with Gasteiger partial charge in [-0.15, -0.1) is 0 Å². The van der Waals surface area contributed by atoms with Crippen molar-refractivity contribution in [3.63, 3.8) is 0 Å². The minimum atomic E-state index is -0.0991. The van der Waals surface area contributed by atoms with Gasteiger partial charge < -0.3 is 9.42 Å². The van der Waals surface area contributed by atoms with Gasteiger partial charge in [0.2, 0.25) is 5.76 Å². The molecule has 1 aliphatic heterocycles. The molecule has 0 aliphatic carbocycles. The zero-order valence-corrected chi connectivity index (χ0v) is 11.3. The molecule has 3 heterocycles. The third kappa shape index (κ3) is 2.54. The summed E-state index contributed by atoms with van der Waals surface area (Å²) in [6.07, 6.45) is 5.27. The quantitative estimate of drug-likeness (QED) is 0.833. The largest absolute Gasteiger partial charge is 0.351 e. The van der Waals surface area contributed by atoms with Gasteiger partial charge in [0.15, 0.2) is 0 Å². The van der Waals surface area contributed by atoms with Crippen molar-refractivity contribution >= 4 is 5.91 Å². The number of rotatable bonds is 2. The number of likely N-dealkylation sites (tertiary alicyclic amines) is 1. The van der Waals surface area contributed by atoms with Crippen LogP contribution in [0.25, 0.3) is 0 Å². The molecule has 6 nitrogen and oxygen atoms in total. The smallest absolute Gasteiger partial charge is 0.292 e. The lowest BCUT2D eigenvalue weighted by molar-refractivity contribution is 0.0664. The lowest BCUT2D eigenvalue weighted by Crippen LogP contribution is -2.39. The first-order chi connectivity index (χ1) is 9.74. The summed E-state index contributed by atoms with van der Waals surface area (Å²) >= 11 is 0. The van der Waals surface area contributed by atoms with Crippen LogP contribution in [0, 0.1) is 6.92 Å². The van der Waals surface area contributed by atoms with Crippen LogP contribution >= 0.6 is 0 Å². The lowest BCUT2D eigenvalue weighted by Gasteiger charge is -2.31. The van der Waals surface area contributed by atoms with Gasteiger partial charge in [0.1, 0.15) is 5.82 Å². The predicted octanol–water partition coefficient (Wildman–Crippen LogP) is 1.79. The van der Waals surface area contributed by atoms with Crippen LogP contribution < -0.4 is 0 Å². The molecule has 2 aromatic heterocycles. The van der Waals surface area contributed by atoms with Crippen LogP contribution in [0.4, 0.5) is 0 Å². The number of carbonyl (C=O) groups excluding carboxylic acids is 1. The SMILES string of the molecule is Cc1nccc([C@@H]2CCCN(C(=O)c3ccno3)C2)n1. The highest BCUT2D eigenvalue weighted by Crippen LogP contribution is 2.26. The van der Waals surface area contributed by atoms with E-state index in [1.54, 1.807) is 12.3 Å². The summed E-state index contributed by atoms with van der Waals surface area (Å²) in [6, 6.07) is 3.53. The molecule has 1 fully saturated rings. The third-order valence-corrected chi connectivity index (χ3v) is 3.57. The minimum Gasteiger partial charge on any atom is -0.351 e. The molecular formula is C14H16N4O2. The highest BCUT2D eigenvalue weighted by Gasteiger charge is 2.27. The Morgan fingerprint density at radius 3 is 3.05 bits per heavy atom. The fourth-order valence-corrected chi connectivity index (χ4v) is 2.59. The second-order valence-electron chi connectivity index (χ2n) is 5.00. The van der Waals surface area contributed by atoms with Crippen LogP contribution in [0.5, 0.6) is 0 Å². The van der Waals surface area contributed by atoms with Crippen LogP contribution in [-0.2, 0) is 0 Å². The number of hydrogen-bond donors (Lipinski definition) is 0. The average Bonchev–Trinajstić information content (AvgIpc) is 3.01. The van der Waals surface area contributed by atoms with Gasteiger partial charge in [-0.1, -0.05) is 5.16 Å². The van der Waals surface area contributed by atoms with Gasteiger partial charge in [-0.25, -0.2) is 9.97 Å². The van der Waals surface area contributed by atoms with Crippen molar-refractivity contribution in [1.29, 1.82) is 0 Å². The Hall–Kier alpha value is -2.24. The Morgan fingerprint density at radius 2 is 2.30 bits per heavy atom. The van der Waals surface area contributed by atoms with Crippen LogP contribution in [0.2, 0.25) is 0 Å². The molecule has 0 N–H and O–H groups in total. The second kappa shape index (κ2) is 5.40. The number of carbonyl (C=O) groups is 1. The maximum Gasteiger partial charge on any atom is 0.292 e. The molecule has 1 amide bonds. The van der Waals surface area contributed by atoms with E-state index >= 15 is 0 Å². The Labute approximate surface area is 116 Å². The summed E-state index contributed by atoms with van der Waals surface area (Å²) in [5.74, 6) is 1.22. The zero-order valence-electron chi connectivity index (χ0n) is 11.3. The second-order valence-corrected chi connectivity index (χ2v) is 5.00. The normalized spacial score (nSPS) is 19.1. The van der Waals surface area contributed by atoms with Crippen LogP contribution in [0.15, 0.2) is 29.0 Å². The summed E-state index contributed by atoms with van der Waals surface area (Å²) in [7, 11) is 0. The fourth-order valence-electron chi connectivity index (χ4n) is 2.59. The Morgan fingerprint density at radius 1 is 1.40 bits per heavy atom. The lowest BCUT2D eigenvalue weighted by atomic mass is 9.94. The molecule has 2 aromatic rings. The number of aryl methyl sites for hydroxylation is 1. The highest BCUT2D eigenvalue weighted by molar-refractivity contribution is 5.91. The van der Waals surface area contributed by atoms with Crippen molar-refractivity contribution < 1.29 is 9.32 Å². The maximum atomic E-state index is 12.3. The summed E-state index contributed by atoms with van der Waals surface area (Å²) < 4.78 is 4.94. The molecule has 0 saturated carbocycles. The highest BCUT2D eigenvalue weighted by atomic mass is 16.5. The van der Waals surface area contributed by atoms with Crippen molar-refractivity contribution in [2.24, 2.45) is 0 Å². The Bertz CT molecular complexity index is 597. The Kier molecular flexibility index (Phi) is 3.45. The van der Waals surface area contributed by atoms with Gasteiger partial charge in [0.05, 0.1) is 6.20 Å². The van der Waals surface area contributed by atoms with Gasteiger partial charge in [0.25, 0.3) is 5.91 Å². The van der Waals surface area contributed by atoms with Crippen LogP contribution in [-0.4, -0.2) is 39.0 Å². The first-order valence-electron chi connectivity index (χ1n) is 6.73. The fraction of sp³-hybridized carbons (Fsp3) is 0.429. The molecule has 1 saturated heterocycles. The number of nitrogens with zero attached hydrogens (tertiary/aromatic N) is 4. The monoisotopic (exact) mass is 272 g/mol. The summed E-state index contributed by atoms with van der Waals surface area (Å²) in [6.45, 7) is 3.29. The maximum absolute atomic E-state index is 12.3. The van der Waals surface area contributed by atoms with Crippen molar-refractivity contribution in [3.05, 3.63) is 41.8 Å². The molecule has 0 aromatic carbocycles. The molecule has 1 atom stereocenters. The summed E-state index contributed by atoms with van der Waals surface area (Å²) in [5, 5.41) is 3.58. The van der Waals surface area contributed by atoms with E-state index in [9.17, 15) is 4.79 Å². The van der Waals surface area contributed by atoms with Crippen molar-refractivity contribution in [3.8, 4) is 0 Å². The summed E-state index contributed by atoms with van der Waals surface area (Å²) in [4.78, 5) is 22.7. The number of hydrogen-bond acceptors (Lipinski definition) is 5. The van der Waals surface area contributed by atoms with E-state index in [-0.39, 0.29) is 11.8 Å². The Balaban J connectivity index is 1.75. The van der Waals surface area contributed by atoms with E-state index in [2.05, 4.69) is 15.1 Å². The van der Waals surface area contributed by atoms with E-state index < -0.39 is 0 Å². The molecule has 1 aliphatic rings. The average molecular weight is 272 g/mol. The molecule has 6 heteroatoms. The predicted molar refractivity (Wildman–Crippen MR) is 71.2 cm³/mol. The molecule has 20 heavy (non-hydrogen) atoms. The molecule has 104 valence electrons. The van der Waals surface area contributed by atoms with E-state index in [0.29, 0.717) is 12.3 Å². The molecular weight excluding hydrogens is 256 g/mol. The van der Waals surface area contributed by atoms with E-state index in [0.717, 1.165) is 30.9 Å². The van der Waals surface area contributed by atoms with Crippen LogP contribution in [0.1, 0.15) is 40.8 Å².